The van der Waals surface area contributed by atoms with Crippen molar-refractivity contribution in [3.8, 4) is 22.3 Å². The zero-order valence-electron chi connectivity index (χ0n) is 28.4. The molecule has 0 bridgehead atoms. The second kappa shape index (κ2) is 10.5. The van der Waals surface area contributed by atoms with Crippen LogP contribution in [0.2, 0.25) is 20.4 Å². The van der Waals surface area contributed by atoms with Crippen LogP contribution in [0.15, 0.2) is 83.2 Å². The van der Waals surface area contributed by atoms with E-state index in [2.05, 4.69) is 150 Å². The third-order valence-electron chi connectivity index (χ3n) is 11.8. The van der Waals surface area contributed by atoms with Gasteiger partial charge in [0.2, 0.25) is 0 Å². The quantitative estimate of drug-likeness (QED) is 0.182. The first-order valence-electron chi connectivity index (χ1n) is 16.7. The Morgan fingerprint density at radius 1 is 0.545 bits per heavy atom. The third-order valence-corrected chi connectivity index (χ3v) is 35.4. The first-order chi connectivity index (χ1) is 20.9. The molecule has 2 aliphatic carbocycles. The average Bonchev–Trinajstić information content (AvgIpc) is 3.56. The molecule has 0 radical (unpaired) electrons. The molecule has 2 unspecified atom stereocenters. The van der Waals surface area contributed by atoms with Gasteiger partial charge >= 0.3 is 273 Å². The molecule has 2 atom stereocenters. The summed E-state index contributed by atoms with van der Waals surface area (Å²) in [6, 6.07) is 28.6. The van der Waals surface area contributed by atoms with Crippen molar-refractivity contribution in [1.29, 1.82) is 0 Å². The van der Waals surface area contributed by atoms with Crippen LogP contribution in [0.25, 0.3) is 34.4 Å². The van der Waals surface area contributed by atoms with Crippen LogP contribution in [0.5, 0.6) is 0 Å². The molecule has 4 aromatic rings. The van der Waals surface area contributed by atoms with Crippen LogP contribution < -0.4 is 0 Å². The molecule has 2 heteroatoms. The molecule has 1 heterocycles. The minimum absolute atomic E-state index is 0.645. The molecule has 0 saturated carbocycles. The van der Waals surface area contributed by atoms with E-state index in [0.717, 1.165) is 0 Å². The van der Waals surface area contributed by atoms with E-state index in [-0.39, 0.29) is 0 Å². The van der Waals surface area contributed by atoms with Crippen molar-refractivity contribution in [3.63, 3.8) is 0 Å². The van der Waals surface area contributed by atoms with Crippen molar-refractivity contribution in [2.45, 2.75) is 83.2 Å². The summed E-state index contributed by atoms with van der Waals surface area (Å²) in [6.07, 6.45) is 5.55. The molecule has 0 N–H and O–H groups in total. The van der Waals surface area contributed by atoms with E-state index < -0.39 is 28.0 Å². The third kappa shape index (κ3) is 4.09. The Labute approximate surface area is 271 Å². The van der Waals surface area contributed by atoms with Crippen LogP contribution in [0, 0.1) is 27.7 Å². The predicted molar refractivity (Wildman–Crippen MR) is 192 cm³/mol. The van der Waals surface area contributed by atoms with Gasteiger partial charge in [-0.2, -0.15) is 0 Å². The number of hydrogen-bond donors (Lipinski definition) is 0. The van der Waals surface area contributed by atoms with Gasteiger partial charge in [-0.05, 0) is 0 Å². The second-order valence-corrected chi connectivity index (χ2v) is 37.8. The molecular weight excluding hydrogens is 711 g/mol. The van der Waals surface area contributed by atoms with Gasteiger partial charge in [0.05, 0.1) is 0 Å². The Morgan fingerprint density at radius 2 is 0.955 bits per heavy atom. The Bertz CT molecular complexity index is 1760. The van der Waals surface area contributed by atoms with E-state index in [1.54, 1.807) is 11.1 Å². The molecular formula is C42H48HfSi. The van der Waals surface area contributed by atoms with Gasteiger partial charge in [-0.3, -0.25) is 0 Å². The molecule has 224 valence electrons. The summed E-state index contributed by atoms with van der Waals surface area (Å²) in [5.74, 6) is 0. The van der Waals surface area contributed by atoms with Gasteiger partial charge in [0.15, 0.2) is 0 Å². The standard InChI is InChI=1S/C40H42Si.2CH3.Hf/c1-25(2)41(26(3)4,33-21-31-11-9-13-35(39(31)23-33)37-19-27(5)15-17-29(37)7)34-22-32-12-10-14-36(40(32)24-34)38-20-28(6)16-18-30(38)8;;;/h9-26H,1-8H3;2*1H3;. The zero-order valence-corrected chi connectivity index (χ0v) is 33.0. The molecule has 4 aromatic carbocycles. The van der Waals surface area contributed by atoms with Crippen molar-refractivity contribution >= 4 is 20.2 Å². The summed E-state index contributed by atoms with van der Waals surface area (Å²) in [5.41, 5.74) is 18.8. The Balaban J connectivity index is 1.53. The summed E-state index contributed by atoms with van der Waals surface area (Å²) in [7, 11) is -2.10. The van der Waals surface area contributed by atoms with Gasteiger partial charge < -0.3 is 0 Å². The molecule has 44 heavy (non-hydrogen) atoms. The molecule has 0 aromatic heterocycles. The number of rotatable bonds is 4. The van der Waals surface area contributed by atoms with Gasteiger partial charge in [0.25, 0.3) is 0 Å². The average molecular weight is 759 g/mol. The maximum absolute atomic E-state index is 3.12. The van der Waals surface area contributed by atoms with E-state index in [0.29, 0.717) is 18.4 Å². The monoisotopic (exact) mass is 760 g/mol. The summed E-state index contributed by atoms with van der Waals surface area (Å²) in [6.45, 7) is 19.3. The maximum atomic E-state index is 2.81. The molecule has 0 spiro atoms. The van der Waals surface area contributed by atoms with Crippen LogP contribution in [-0.2, 0) is 20.0 Å². The van der Waals surface area contributed by atoms with E-state index in [1.165, 1.54) is 55.6 Å². The SMILES string of the molecule is Cc1ccc(C)c(-c2cccc3c2C=C2[CH]3[Hf]([CH3])([CH3])[CH]3C(=Cc4c(-c5cc(C)ccc5C)cccc43)[Si]2(C(C)C)C(C)C)c1. The summed E-state index contributed by atoms with van der Waals surface area (Å²) >= 11 is -3.12. The van der Waals surface area contributed by atoms with E-state index in [9.17, 15) is 0 Å². The Kier molecular flexibility index (Phi) is 7.18. The molecule has 0 nitrogen and oxygen atoms in total. The van der Waals surface area contributed by atoms with Gasteiger partial charge in [-0.15, -0.1) is 0 Å². The summed E-state index contributed by atoms with van der Waals surface area (Å²) in [5, 5.41) is 3.76. The fourth-order valence-electron chi connectivity index (χ4n) is 9.98. The number of benzene rings is 4. The van der Waals surface area contributed by atoms with Crippen molar-refractivity contribution in [1.82, 2.24) is 0 Å². The van der Waals surface area contributed by atoms with Gasteiger partial charge in [-0.25, -0.2) is 0 Å². The molecule has 7 rings (SSSR count). The number of fused-ring (bicyclic) bond motifs is 6. The van der Waals surface area contributed by atoms with Crippen LogP contribution >= 0.6 is 0 Å². The first kappa shape index (κ1) is 30.1. The summed E-state index contributed by atoms with van der Waals surface area (Å²) < 4.78 is 6.91. The zero-order chi connectivity index (χ0) is 31.3. The normalized spacial score (nSPS) is 20.6. The first-order valence-corrected chi connectivity index (χ1v) is 30.2. The molecule has 3 aliphatic rings. The fraction of sp³-hybridized carbons (Fsp3) is 0.333. The molecule has 0 amide bonds. The van der Waals surface area contributed by atoms with Crippen molar-refractivity contribution in [2.75, 3.05) is 0 Å². The topological polar surface area (TPSA) is 0 Å². The van der Waals surface area contributed by atoms with Gasteiger partial charge in [-0.1, -0.05) is 0 Å². The van der Waals surface area contributed by atoms with Crippen LogP contribution in [0.1, 0.15) is 79.6 Å². The fourth-order valence-corrected chi connectivity index (χ4v) is 42.7. The second-order valence-electron chi connectivity index (χ2n) is 15.3. The molecule has 1 aliphatic heterocycles. The van der Waals surface area contributed by atoms with Gasteiger partial charge in [0, 0.05) is 0 Å². The summed E-state index contributed by atoms with van der Waals surface area (Å²) in [4.78, 5) is 0. The van der Waals surface area contributed by atoms with Crippen molar-refractivity contribution in [3.05, 3.63) is 128 Å². The molecule has 1 fully saturated rings. The van der Waals surface area contributed by atoms with Crippen LogP contribution in [0.3, 0.4) is 0 Å². The number of allylic oxidation sites excluding steroid dienone is 2. The molecule has 1 saturated heterocycles. The van der Waals surface area contributed by atoms with E-state index in [1.807, 2.05) is 10.4 Å². The Hall–Kier alpha value is -2.55. The minimum atomic E-state index is -3.12. The van der Waals surface area contributed by atoms with Crippen LogP contribution in [-0.4, -0.2) is 8.07 Å². The van der Waals surface area contributed by atoms with E-state index >= 15 is 0 Å². The van der Waals surface area contributed by atoms with Gasteiger partial charge in [0.1, 0.15) is 0 Å². The van der Waals surface area contributed by atoms with Crippen molar-refractivity contribution < 1.29 is 20.0 Å². The van der Waals surface area contributed by atoms with E-state index in [4.69, 9.17) is 0 Å². The van der Waals surface area contributed by atoms with Crippen LogP contribution in [0.4, 0.5) is 0 Å². The Morgan fingerprint density at radius 3 is 1.34 bits per heavy atom. The predicted octanol–water partition coefficient (Wildman–Crippen LogP) is 12.4. The number of hydrogen-bond acceptors (Lipinski definition) is 0. The van der Waals surface area contributed by atoms with Crippen molar-refractivity contribution in [2.24, 2.45) is 0 Å². The number of aryl methyl sites for hydroxylation is 4.